The van der Waals surface area contributed by atoms with E-state index in [4.69, 9.17) is 4.74 Å². The molecule has 290 valence electrons. The minimum Gasteiger partial charge on any atom is -0.462 e. The second-order valence-electron chi connectivity index (χ2n) is 19.6. The molecule has 0 aromatic rings. The first-order chi connectivity index (χ1) is 23.9. The van der Waals surface area contributed by atoms with Crippen molar-refractivity contribution in [3.8, 4) is 0 Å². The monoisotopic (exact) mass is 697 g/mol. The smallest absolute Gasteiger partial charge is 0.306 e. The lowest BCUT2D eigenvalue weighted by atomic mass is 9.43. The highest BCUT2D eigenvalue weighted by molar-refractivity contribution is 5.69. The molecule has 1 N–H and O–H groups in total. The van der Waals surface area contributed by atoms with Crippen LogP contribution in [0.5, 0.6) is 0 Å². The number of ether oxygens (including phenoxy) is 1. The third-order valence-electron chi connectivity index (χ3n) is 16.0. The van der Waals surface area contributed by atoms with E-state index in [1.807, 2.05) is 0 Å². The number of carbonyl (C=O) groups is 1. The summed E-state index contributed by atoms with van der Waals surface area (Å²) in [5, 5.41) is 11.0. The van der Waals surface area contributed by atoms with E-state index >= 15 is 0 Å². The van der Waals surface area contributed by atoms with Crippen molar-refractivity contribution in [2.24, 2.45) is 64.1 Å². The Balaban J connectivity index is 1.24. The Bertz CT molecular complexity index is 1020. The van der Waals surface area contributed by atoms with Gasteiger partial charge in [0.2, 0.25) is 0 Å². The number of carbonyl (C=O) groups excluding carboxylic acids is 1. The Hall–Kier alpha value is -0.830. The van der Waals surface area contributed by atoms with Gasteiger partial charge in [-0.1, -0.05) is 125 Å². The molecule has 4 fully saturated rings. The molecule has 0 aromatic heterocycles. The van der Waals surface area contributed by atoms with Crippen molar-refractivity contribution in [2.45, 2.75) is 215 Å². The summed E-state index contributed by atoms with van der Waals surface area (Å²) in [6.07, 6.45) is 32.3. The molecule has 0 bridgehead atoms. The molecule has 0 spiro atoms. The first-order valence-corrected chi connectivity index (χ1v) is 22.4. The van der Waals surface area contributed by atoms with Crippen LogP contribution in [0.2, 0.25) is 0 Å². The number of esters is 1. The van der Waals surface area contributed by atoms with Crippen LogP contribution in [-0.4, -0.2) is 23.3 Å². The number of rotatable bonds is 21. The summed E-state index contributed by atoms with van der Waals surface area (Å²) in [5.74, 6) is 6.47. The molecular weight excluding hydrogens is 613 g/mol. The van der Waals surface area contributed by atoms with Gasteiger partial charge in [-0.2, -0.15) is 0 Å². The summed E-state index contributed by atoms with van der Waals surface area (Å²) < 4.78 is 6.51. The van der Waals surface area contributed by atoms with Crippen LogP contribution in [0.4, 0.5) is 0 Å². The second kappa shape index (κ2) is 20.0. The fraction of sp³-hybridized carbons (Fsp3) is 0.936. The largest absolute Gasteiger partial charge is 0.462 e. The molecule has 4 saturated carbocycles. The van der Waals surface area contributed by atoms with Crippen LogP contribution in [-0.2, 0) is 9.53 Å². The maximum Gasteiger partial charge on any atom is 0.306 e. The van der Waals surface area contributed by atoms with Crippen molar-refractivity contribution < 1.29 is 14.6 Å². The summed E-state index contributed by atoms with van der Waals surface area (Å²) in [5.41, 5.74) is 0.467. The lowest BCUT2D eigenvalue weighted by Gasteiger charge is -2.62. The molecule has 0 heterocycles. The van der Waals surface area contributed by atoms with Gasteiger partial charge in [-0.15, -0.1) is 0 Å². The molecule has 0 amide bonds. The zero-order valence-corrected chi connectivity index (χ0v) is 34.5. The highest BCUT2D eigenvalue weighted by Crippen LogP contribution is 2.68. The molecule has 4 aliphatic carbocycles. The van der Waals surface area contributed by atoms with Gasteiger partial charge >= 0.3 is 5.97 Å². The van der Waals surface area contributed by atoms with E-state index in [9.17, 15) is 9.90 Å². The summed E-state index contributed by atoms with van der Waals surface area (Å²) in [4.78, 5) is 13.5. The molecule has 3 heteroatoms. The highest BCUT2D eigenvalue weighted by Gasteiger charge is 2.63. The van der Waals surface area contributed by atoms with Gasteiger partial charge in [0, 0.05) is 18.3 Å². The zero-order valence-electron chi connectivity index (χ0n) is 34.5. The molecular formula is C47H84O3. The van der Waals surface area contributed by atoms with E-state index in [2.05, 4.69) is 67.5 Å². The first kappa shape index (κ1) is 41.9. The van der Waals surface area contributed by atoms with Crippen molar-refractivity contribution in [2.75, 3.05) is 0 Å². The Labute approximate surface area is 311 Å². The summed E-state index contributed by atoms with van der Waals surface area (Å²) >= 11 is 0. The highest BCUT2D eigenvalue weighted by atomic mass is 16.5. The van der Waals surface area contributed by atoms with Crippen molar-refractivity contribution in [1.82, 2.24) is 0 Å². The number of aliphatic hydroxyl groups excluding tert-OH is 1. The predicted octanol–water partition coefficient (Wildman–Crippen LogP) is 13.5. The molecule has 4 aliphatic rings. The molecule has 0 saturated heterocycles. The molecule has 0 aliphatic heterocycles. The van der Waals surface area contributed by atoms with Gasteiger partial charge in [0.05, 0.1) is 6.10 Å². The van der Waals surface area contributed by atoms with Crippen molar-refractivity contribution >= 4 is 5.97 Å². The zero-order chi connectivity index (χ0) is 36.3. The minimum absolute atomic E-state index is 0.00369. The molecule has 0 radical (unpaired) electrons. The van der Waals surface area contributed by atoms with Gasteiger partial charge in [0.25, 0.3) is 0 Å². The number of hydrogen-bond acceptors (Lipinski definition) is 3. The van der Waals surface area contributed by atoms with E-state index in [0.717, 1.165) is 48.3 Å². The van der Waals surface area contributed by atoms with E-state index < -0.39 is 0 Å². The van der Waals surface area contributed by atoms with Gasteiger partial charge in [-0.3, -0.25) is 4.79 Å². The summed E-state index contributed by atoms with van der Waals surface area (Å²) in [6.45, 7) is 19.6. The predicted molar refractivity (Wildman–Crippen MR) is 213 cm³/mol. The Morgan fingerprint density at radius 3 is 2.20 bits per heavy atom. The molecule has 12 atom stereocenters. The summed E-state index contributed by atoms with van der Waals surface area (Å²) in [6, 6.07) is 0. The lowest BCUT2D eigenvalue weighted by Crippen LogP contribution is -2.60. The standard InChI is InChI=1S/C47H84O3/c1-9-10-11-12-13-14-15-16-17-18-19-20-21-35(4)22-29-45(49)50-44-33-39(48)32-38-25-26-40-42-28-27-41(37(6)24-23-36(5)34(2)3)46(42,7)31-30-43(40)47(38,44)8/h16-17,34-44,48H,9-15,18-33H2,1-8H3/b17-16+/t35?,36-,37+,38+,39?,40+,41+,42-,43-,44?,46+,47-/m0/s1. The van der Waals surface area contributed by atoms with Crippen molar-refractivity contribution in [3.05, 3.63) is 12.2 Å². The van der Waals surface area contributed by atoms with E-state index in [1.165, 1.54) is 122 Å². The number of fused-ring (bicyclic) bond motifs is 5. The van der Waals surface area contributed by atoms with E-state index in [1.54, 1.807) is 0 Å². The van der Waals surface area contributed by atoms with E-state index in [-0.39, 0.29) is 23.6 Å². The van der Waals surface area contributed by atoms with Crippen LogP contribution < -0.4 is 0 Å². The average Bonchev–Trinajstić information content (AvgIpc) is 3.44. The van der Waals surface area contributed by atoms with Crippen molar-refractivity contribution in [1.29, 1.82) is 0 Å². The maximum absolute atomic E-state index is 13.5. The third kappa shape index (κ3) is 10.6. The van der Waals surface area contributed by atoms with Crippen LogP contribution in [0.25, 0.3) is 0 Å². The van der Waals surface area contributed by atoms with Crippen LogP contribution in [0.15, 0.2) is 12.2 Å². The Morgan fingerprint density at radius 1 is 0.780 bits per heavy atom. The molecule has 4 rings (SSSR count). The number of allylic oxidation sites excluding steroid dienone is 2. The first-order valence-electron chi connectivity index (χ1n) is 22.4. The normalized spacial score (nSPS) is 35.8. The number of aliphatic hydroxyl groups is 1. The van der Waals surface area contributed by atoms with Gasteiger partial charge in [0.15, 0.2) is 0 Å². The average molecular weight is 697 g/mol. The topological polar surface area (TPSA) is 46.5 Å². The maximum atomic E-state index is 13.5. The van der Waals surface area contributed by atoms with E-state index in [0.29, 0.717) is 36.0 Å². The van der Waals surface area contributed by atoms with Crippen LogP contribution in [0, 0.1) is 64.1 Å². The van der Waals surface area contributed by atoms with Crippen LogP contribution in [0.3, 0.4) is 0 Å². The van der Waals surface area contributed by atoms with Gasteiger partial charge < -0.3 is 9.84 Å². The fourth-order valence-electron chi connectivity index (χ4n) is 12.2. The van der Waals surface area contributed by atoms with Crippen LogP contribution >= 0.6 is 0 Å². The second-order valence-corrected chi connectivity index (χ2v) is 19.6. The van der Waals surface area contributed by atoms with Gasteiger partial charge in [-0.25, -0.2) is 0 Å². The molecule has 0 aromatic carbocycles. The molecule has 3 unspecified atom stereocenters. The van der Waals surface area contributed by atoms with Crippen LogP contribution in [0.1, 0.15) is 203 Å². The fourth-order valence-corrected chi connectivity index (χ4v) is 12.2. The van der Waals surface area contributed by atoms with Gasteiger partial charge in [0.1, 0.15) is 6.10 Å². The Morgan fingerprint density at radius 2 is 1.48 bits per heavy atom. The minimum atomic E-state index is -0.333. The van der Waals surface area contributed by atoms with Gasteiger partial charge in [-0.05, 0) is 136 Å². The number of hydrogen-bond donors (Lipinski definition) is 1. The quantitative estimate of drug-likeness (QED) is 0.0738. The SMILES string of the molecule is CCCCCCCC/C=C/CCCCC(C)CCC(=O)OC1CC(O)C[C@H]2CC[C@@H]3[C@@H]4CC[C@H]([C@H](C)CC[C@H](C)C(C)C)[C@@]4(C)CC[C@@H]3[C@@]12C. The number of unbranched alkanes of at least 4 members (excludes halogenated alkanes) is 8. The summed E-state index contributed by atoms with van der Waals surface area (Å²) in [7, 11) is 0. The lowest BCUT2D eigenvalue weighted by molar-refractivity contribution is -0.203. The molecule has 3 nitrogen and oxygen atoms in total. The Kier molecular flexibility index (Phi) is 16.8. The molecule has 50 heavy (non-hydrogen) atoms. The van der Waals surface area contributed by atoms with Crippen molar-refractivity contribution in [3.63, 3.8) is 0 Å². The third-order valence-corrected chi connectivity index (χ3v) is 16.0.